The van der Waals surface area contributed by atoms with Crippen LogP contribution in [-0.2, 0) is 29.1 Å². The number of carbonyl (C=O) groups excluding carboxylic acids is 2. The van der Waals surface area contributed by atoms with E-state index in [0.717, 1.165) is 0 Å². The van der Waals surface area contributed by atoms with Gasteiger partial charge in [-0.1, -0.05) is 12.1 Å². The van der Waals surface area contributed by atoms with Gasteiger partial charge in [-0.05, 0) is 42.0 Å². The van der Waals surface area contributed by atoms with Crippen molar-refractivity contribution in [1.29, 1.82) is 0 Å². The number of sulfonamides is 1. The van der Waals surface area contributed by atoms with Gasteiger partial charge >= 0.3 is 0 Å². The molecule has 1 amide bonds. The fraction of sp³-hybridized carbons (Fsp3) is 0.333. The van der Waals surface area contributed by atoms with Crippen molar-refractivity contribution in [3.8, 4) is 0 Å². The van der Waals surface area contributed by atoms with E-state index in [9.17, 15) is 27.5 Å². The fourth-order valence-corrected chi connectivity index (χ4v) is 5.58. The van der Waals surface area contributed by atoms with E-state index in [2.05, 4.69) is 0 Å². The van der Waals surface area contributed by atoms with E-state index < -0.39 is 39.3 Å². The summed E-state index contributed by atoms with van der Waals surface area (Å²) in [6.45, 7) is 1.34. The quantitative estimate of drug-likeness (QED) is 0.348. The van der Waals surface area contributed by atoms with Gasteiger partial charge in [0.15, 0.2) is 0 Å². The summed E-state index contributed by atoms with van der Waals surface area (Å²) < 4.78 is 50.9. The molecule has 11 heteroatoms. The maximum Gasteiger partial charge on any atom is 0.295 e. The molecule has 2 aromatic carbocycles. The maximum absolute atomic E-state index is 13.5. The monoisotopic (exact) mass is 504 g/mol. The Bertz CT molecular complexity index is 1240. The molecule has 0 aromatic heterocycles. The summed E-state index contributed by atoms with van der Waals surface area (Å²) in [5.41, 5.74) is 0.444. The van der Waals surface area contributed by atoms with E-state index >= 15 is 0 Å². The van der Waals surface area contributed by atoms with Crippen LogP contribution in [0.25, 0.3) is 5.76 Å². The molecule has 1 atom stereocenters. The largest absolute Gasteiger partial charge is 0.507 e. The van der Waals surface area contributed by atoms with E-state index in [0.29, 0.717) is 18.8 Å². The average Bonchev–Trinajstić information content (AvgIpc) is 3.13. The summed E-state index contributed by atoms with van der Waals surface area (Å²) in [6, 6.07) is 9.78. The van der Waals surface area contributed by atoms with Crippen LogP contribution < -0.4 is 0 Å². The van der Waals surface area contributed by atoms with Crippen molar-refractivity contribution in [3.63, 3.8) is 0 Å². The molecule has 2 fully saturated rings. The second-order valence-corrected chi connectivity index (χ2v) is 10.0. The van der Waals surface area contributed by atoms with Crippen molar-refractivity contribution in [2.75, 3.05) is 46.6 Å². The minimum Gasteiger partial charge on any atom is -0.507 e. The number of aliphatic hydroxyl groups is 1. The molecular weight excluding hydrogens is 479 g/mol. The molecular formula is C24H25FN2O7S. The van der Waals surface area contributed by atoms with Crippen molar-refractivity contribution in [2.45, 2.75) is 10.9 Å². The van der Waals surface area contributed by atoms with Crippen LogP contribution in [0.4, 0.5) is 4.39 Å². The third-order valence-corrected chi connectivity index (χ3v) is 7.91. The van der Waals surface area contributed by atoms with Crippen LogP contribution >= 0.6 is 0 Å². The second-order valence-electron chi connectivity index (χ2n) is 8.08. The van der Waals surface area contributed by atoms with E-state index in [1.165, 1.54) is 64.8 Å². The number of carbonyl (C=O) groups is 2. The lowest BCUT2D eigenvalue weighted by Gasteiger charge is -2.26. The summed E-state index contributed by atoms with van der Waals surface area (Å²) >= 11 is 0. The van der Waals surface area contributed by atoms with Gasteiger partial charge in [0.05, 0.1) is 36.3 Å². The van der Waals surface area contributed by atoms with Gasteiger partial charge in [-0.15, -0.1) is 0 Å². The molecule has 0 radical (unpaired) electrons. The zero-order chi connectivity index (χ0) is 25.2. The molecule has 2 heterocycles. The first-order valence-electron chi connectivity index (χ1n) is 11.0. The van der Waals surface area contributed by atoms with Crippen LogP contribution in [0.5, 0.6) is 0 Å². The molecule has 2 saturated heterocycles. The number of Topliss-reactive ketones (excluding diaryl/α,β-unsaturated/α-hetero) is 1. The Hall–Kier alpha value is -3.12. The zero-order valence-corrected chi connectivity index (χ0v) is 19.8. The van der Waals surface area contributed by atoms with Crippen LogP contribution in [0.1, 0.15) is 17.2 Å². The van der Waals surface area contributed by atoms with Gasteiger partial charge in [-0.2, -0.15) is 4.31 Å². The molecule has 9 nitrogen and oxygen atoms in total. The molecule has 2 aliphatic heterocycles. The molecule has 2 aromatic rings. The van der Waals surface area contributed by atoms with Crippen molar-refractivity contribution in [1.82, 2.24) is 9.21 Å². The molecule has 0 spiro atoms. The molecule has 0 bridgehead atoms. The first-order valence-corrected chi connectivity index (χ1v) is 12.4. The lowest BCUT2D eigenvalue weighted by atomic mass is 9.95. The smallest absolute Gasteiger partial charge is 0.295 e. The third kappa shape index (κ3) is 4.85. The number of hydrogen-bond donors (Lipinski definition) is 1. The molecule has 1 unspecified atom stereocenters. The molecule has 1 N–H and O–H groups in total. The minimum atomic E-state index is -3.74. The lowest BCUT2D eigenvalue weighted by molar-refractivity contribution is -0.140. The van der Waals surface area contributed by atoms with E-state index in [-0.39, 0.29) is 42.3 Å². The van der Waals surface area contributed by atoms with E-state index in [4.69, 9.17) is 9.47 Å². The average molecular weight is 505 g/mol. The highest BCUT2D eigenvalue weighted by Crippen LogP contribution is 2.39. The molecule has 0 saturated carbocycles. The van der Waals surface area contributed by atoms with Crippen LogP contribution in [0.3, 0.4) is 0 Å². The lowest BCUT2D eigenvalue weighted by Crippen LogP contribution is -2.40. The molecule has 35 heavy (non-hydrogen) atoms. The first kappa shape index (κ1) is 25.0. The van der Waals surface area contributed by atoms with Crippen LogP contribution in [0.2, 0.25) is 0 Å². The van der Waals surface area contributed by atoms with Gasteiger partial charge in [-0.3, -0.25) is 9.59 Å². The number of amides is 1. The number of ketones is 1. The summed E-state index contributed by atoms with van der Waals surface area (Å²) in [6.07, 6.45) is 0. The van der Waals surface area contributed by atoms with Crippen LogP contribution in [0, 0.1) is 5.82 Å². The Morgan fingerprint density at radius 3 is 2.31 bits per heavy atom. The number of benzene rings is 2. The summed E-state index contributed by atoms with van der Waals surface area (Å²) in [5.74, 6) is -2.64. The van der Waals surface area contributed by atoms with Crippen LogP contribution in [0.15, 0.2) is 59.0 Å². The summed E-state index contributed by atoms with van der Waals surface area (Å²) in [7, 11) is -2.29. The molecule has 4 rings (SSSR count). The number of likely N-dealkylation sites (tertiary alicyclic amines) is 1. The molecule has 0 aliphatic carbocycles. The molecule has 186 valence electrons. The van der Waals surface area contributed by atoms with Crippen molar-refractivity contribution >= 4 is 27.5 Å². The summed E-state index contributed by atoms with van der Waals surface area (Å²) in [5, 5.41) is 11.1. The number of aliphatic hydroxyl groups excluding tert-OH is 1. The van der Waals surface area contributed by atoms with Crippen LogP contribution in [-0.4, -0.2) is 81.0 Å². The first-order chi connectivity index (χ1) is 16.8. The number of nitrogens with zero attached hydrogens (tertiary/aromatic N) is 2. The van der Waals surface area contributed by atoms with Crippen molar-refractivity contribution in [2.24, 2.45) is 0 Å². The highest BCUT2D eigenvalue weighted by molar-refractivity contribution is 7.89. The fourth-order valence-electron chi connectivity index (χ4n) is 4.17. The van der Waals surface area contributed by atoms with Gasteiger partial charge < -0.3 is 19.5 Å². The Morgan fingerprint density at radius 1 is 1.09 bits per heavy atom. The van der Waals surface area contributed by atoms with Gasteiger partial charge in [0, 0.05) is 32.3 Å². The standard InChI is InChI=1S/C24H25FN2O7S/c1-33-13-12-27-21(16-2-6-18(25)7-3-16)20(23(29)24(27)30)22(28)17-4-8-19(9-5-17)35(31,32)26-10-14-34-15-11-26/h2-9,21,28H,10-15H2,1H3/b22-20-. The predicted octanol–water partition coefficient (Wildman–Crippen LogP) is 1.91. The van der Waals surface area contributed by atoms with Gasteiger partial charge in [0.25, 0.3) is 11.7 Å². The predicted molar refractivity (Wildman–Crippen MR) is 123 cm³/mol. The highest BCUT2D eigenvalue weighted by Gasteiger charge is 2.45. The van der Waals surface area contributed by atoms with Gasteiger partial charge in [0.1, 0.15) is 11.6 Å². The topological polar surface area (TPSA) is 113 Å². The second kappa shape index (κ2) is 10.2. The number of methoxy groups -OCH3 is 1. The number of rotatable bonds is 7. The number of halogens is 1. The third-order valence-electron chi connectivity index (χ3n) is 6.00. The van der Waals surface area contributed by atoms with Crippen molar-refractivity contribution < 1.29 is 37.0 Å². The SMILES string of the molecule is COCCN1C(=O)C(=O)/C(=C(\O)c2ccc(S(=O)(=O)N3CCOCC3)cc2)C1c1ccc(F)cc1. The van der Waals surface area contributed by atoms with Gasteiger partial charge in [-0.25, -0.2) is 12.8 Å². The van der Waals surface area contributed by atoms with E-state index in [1.54, 1.807) is 0 Å². The molecule has 2 aliphatic rings. The number of morpholine rings is 1. The summed E-state index contributed by atoms with van der Waals surface area (Å²) in [4.78, 5) is 27.0. The minimum absolute atomic E-state index is 0.0339. The number of ether oxygens (including phenoxy) is 2. The number of hydrogen-bond acceptors (Lipinski definition) is 7. The maximum atomic E-state index is 13.5. The Morgan fingerprint density at radius 2 is 1.71 bits per heavy atom. The Labute approximate surface area is 202 Å². The Balaban J connectivity index is 1.73. The van der Waals surface area contributed by atoms with Crippen molar-refractivity contribution in [3.05, 3.63) is 71.0 Å². The highest BCUT2D eigenvalue weighted by atomic mass is 32.2. The normalized spacial score (nSPS) is 21.0. The Kier molecular flexibility index (Phi) is 7.31. The van der Waals surface area contributed by atoms with Gasteiger partial charge in [0.2, 0.25) is 10.0 Å². The zero-order valence-electron chi connectivity index (χ0n) is 19.0. The van der Waals surface area contributed by atoms with E-state index in [1.807, 2.05) is 0 Å².